The second kappa shape index (κ2) is 13.9. The van der Waals surface area contributed by atoms with E-state index in [1.807, 2.05) is 32.9 Å². The van der Waals surface area contributed by atoms with E-state index in [2.05, 4.69) is 10.3 Å². The van der Waals surface area contributed by atoms with Crippen LogP contribution in [0, 0.1) is 17.8 Å². The lowest BCUT2D eigenvalue weighted by Crippen LogP contribution is -2.30. The molecule has 0 saturated heterocycles. The van der Waals surface area contributed by atoms with Crippen LogP contribution in [0.1, 0.15) is 66.9 Å². The number of hydrogen-bond donors (Lipinski definition) is 1. The van der Waals surface area contributed by atoms with Gasteiger partial charge < -0.3 is 19.5 Å². The van der Waals surface area contributed by atoms with E-state index in [-0.39, 0.29) is 47.6 Å². The van der Waals surface area contributed by atoms with E-state index in [0.29, 0.717) is 17.8 Å². The monoisotopic (exact) mass is 500 g/mol. The fourth-order valence-electron chi connectivity index (χ4n) is 3.28. The van der Waals surface area contributed by atoms with Crippen molar-refractivity contribution in [3.05, 3.63) is 29.8 Å². The molecule has 36 heavy (non-hydrogen) atoms. The van der Waals surface area contributed by atoms with Crippen LogP contribution in [0.15, 0.2) is 24.3 Å². The van der Waals surface area contributed by atoms with Crippen LogP contribution >= 0.6 is 0 Å². The van der Waals surface area contributed by atoms with Crippen molar-refractivity contribution in [1.82, 2.24) is 10.3 Å². The lowest BCUT2D eigenvalue weighted by Gasteiger charge is -2.16. The third-order valence-corrected chi connectivity index (χ3v) is 5.51. The zero-order chi connectivity index (χ0) is 26.8. The molecule has 0 aliphatic rings. The van der Waals surface area contributed by atoms with Gasteiger partial charge in [-0.3, -0.25) is 14.4 Å². The Labute approximate surface area is 214 Å². The number of aromatic nitrogens is 1. The summed E-state index contributed by atoms with van der Waals surface area (Å²) in [6.45, 7) is 14.0. The largest absolute Gasteiger partial charge is 0.461 e. The Balaban J connectivity index is 2.05. The second-order valence-electron chi connectivity index (χ2n) is 9.98. The number of ether oxygens (including phenoxy) is 3. The number of pyridine rings is 1. The molecule has 2 rings (SSSR count). The summed E-state index contributed by atoms with van der Waals surface area (Å²) in [5.41, 5.74) is 1.57. The molecule has 1 atom stereocenters. The van der Waals surface area contributed by atoms with E-state index in [1.165, 1.54) is 0 Å². The van der Waals surface area contributed by atoms with Crippen molar-refractivity contribution in [3.63, 3.8) is 0 Å². The topological polar surface area (TPSA) is 104 Å². The molecule has 0 aliphatic heterocycles. The first-order valence-corrected chi connectivity index (χ1v) is 12.8. The van der Waals surface area contributed by atoms with Crippen molar-refractivity contribution in [2.24, 2.45) is 17.8 Å². The Bertz CT molecular complexity index is 1050. The van der Waals surface area contributed by atoms with Gasteiger partial charge in [-0.1, -0.05) is 47.6 Å². The summed E-state index contributed by atoms with van der Waals surface area (Å²) in [5, 5.41) is 4.19. The van der Waals surface area contributed by atoms with Gasteiger partial charge in [0.15, 0.2) is 5.75 Å². The molecule has 0 saturated carbocycles. The highest BCUT2D eigenvalue weighted by molar-refractivity contribution is 5.90. The maximum atomic E-state index is 12.2. The number of carbonyl (C=O) groups is 3. The molecule has 1 N–H and O–H groups in total. The molecule has 1 heterocycles. The van der Waals surface area contributed by atoms with E-state index in [9.17, 15) is 14.4 Å². The third kappa shape index (κ3) is 8.90. The maximum Gasteiger partial charge on any atom is 0.315 e. The summed E-state index contributed by atoms with van der Waals surface area (Å²) in [7, 11) is 0. The van der Waals surface area contributed by atoms with Gasteiger partial charge >= 0.3 is 17.9 Å². The summed E-state index contributed by atoms with van der Waals surface area (Å²) < 4.78 is 16.3. The second-order valence-corrected chi connectivity index (χ2v) is 9.98. The molecule has 2 aromatic rings. The van der Waals surface area contributed by atoms with Crippen LogP contribution in [0.4, 0.5) is 0 Å². The highest BCUT2D eigenvalue weighted by Crippen LogP contribution is 2.31. The van der Waals surface area contributed by atoms with Crippen LogP contribution in [0.2, 0.25) is 0 Å². The van der Waals surface area contributed by atoms with Crippen LogP contribution in [-0.4, -0.2) is 42.1 Å². The molecule has 0 amide bonds. The van der Waals surface area contributed by atoms with Gasteiger partial charge in [-0.2, -0.15) is 0 Å². The third-order valence-electron chi connectivity index (χ3n) is 5.51. The molecule has 1 aromatic heterocycles. The number of hydrogen-bond acceptors (Lipinski definition) is 8. The van der Waals surface area contributed by atoms with Gasteiger partial charge in [-0.05, 0) is 50.4 Å². The first kappa shape index (κ1) is 29.2. The zero-order valence-corrected chi connectivity index (χ0v) is 22.6. The van der Waals surface area contributed by atoms with Gasteiger partial charge in [-0.15, -0.1) is 0 Å². The van der Waals surface area contributed by atoms with Crippen LogP contribution < -0.4 is 14.8 Å². The van der Waals surface area contributed by atoms with Crippen LogP contribution in [0.25, 0.3) is 10.9 Å². The fraction of sp³-hybridized carbons (Fsp3) is 0.571. The smallest absolute Gasteiger partial charge is 0.315 e. The Morgan fingerprint density at radius 2 is 1.44 bits per heavy atom. The first-order chi connectivity index (χ1) is 17.0. The molecule has 8 nitrogen and oxygen atoms in total. The number of nitrogens with one attached hydrogen (secondary N) is 1. The maximum absolute atomic E-state index is 12.2. The van der Waals surface area contributed by atoms with Crippen LogP contribution in [-0.2, 0) is 25.5 Å². The lowest BCUT2D eigenvalue weighted by atomic mass is 10.0. The minimum absolute atomic E-state index is 0.129. The van der Waals surface area contributed by atoms with Crippen molar-refractivity contribution in [2.75, 3.05) is 13.1 Å². The number of fused-ring (bicyclic) bond motifs is 1. The molecule has 0 radical (unpaired) electrons. The quantitative estimate of drug-likeness (QED) is 0.236. The summed E-state index contributed by atoms with van der Waals surface area (Å²) >= 11 is 0. The molecule has 0 spiro atoms. The van der Waals surface area contributed by atoms with Gasteiger partial charge in [0.05, 0.1) is 17.8 Å². The minimum Gasteiger partial charge on any atom is -0.461 e. The number of carbonyl (C=O) groups excluding carboxylic acids is 3. The fourth-order valence-corrected chi connectivity index (χ4v) is 3.28. The molecule has 1 unspecified atom stereocenters. The summed E-state index contributed by atoms with van der Waals surface area (Å²) in [6, 6.07) is 7.23. The van der Waals surface area contributed by atoms with Crippen LogP contribution in [0.5, 0.6) is 11.6 Å². The molecule has 0 fully saturated rings. The predicted octanol–water partition coefficient (Wildman–Crippen LogP) is 4.86. The predicted molar refractivity (Wildman–Crippen MR) is 139 cm³/mol. The molecule has 8 heteroatoms. The number of nitrogens with zero attached hydrogens (tertiary/aromatic N) is 1. The Hall–Kier alpha value is -3.00. The molecule has 198 valence electrons. The van der Waals surface area contributed by atoms with E-state index in [1.54, 1.807) is 39.8 Å². The van der Waals surface area contributed by atoms with Crippen molar-refractivity contribution < 1.29 is 28.6 Å². The highest BCUT2D eigenvalue weighted by Gasteiger charge is 2.17. The minimum atomic E-state index is -0.375. The average molecular weight is 501 g/mol. The van der Waals surface area contributed by atoms with E-state index in [4.69, 9.17) is 14.2 Å². The van der Waals surface area contributed by atoms with Gasteiger partial charge in [0.25, 0.3) is 0 Å². The standard InChI is InChI=1S/C28H40N2O6/c1-17(2)26(31)34-20(7)16-29-15-9-8-10-21-11-13-23(35-27(32)18(3)4)25-22(21)12-14-24(30-25)36-28(33)19(5)6/h11-14,17-20,29H,8-10,15-16H2,1-7H3. The molecular weight excluding hydrogens is 460 g/mol. The molecule has 0 bridgehead atoms. The number of rotatable bonds is 13. The molecular formula is C28H40N2O6. The Kier molecular flexibility index (Phi) is 11.3. The first-order valence-electron chi connectivity index (χ1n) is 12.8. The van der Waals surface area contributed by atoms with Crippen molar-refractivity contribution >= 4 is 28.8 Å². The van der Waals surface area contributed by atoms with Crippen LogP contribution in [0.3, 0.4) is 0 Å². The number of esters is 3. The van der Waals surface area contributed by atoms with Crippen molar-refractivity contribution in [2.45, 2.75) is 73.8 Å². The summed E-state index contributed by atoms with van der Waals surface area (Å²) in [5.74, 6) is -1.09. The van der Waals surface area contributed by atoms with Gasteiger partial charge in [0.2, 0.25) is 5.88 Å². The summed E-state index contributed by atoms with van der Waals surface area (Å²) in [4.78, 5) is 40.5. The normalized spacial score (nSPS) is 12.3. The molecule has 1 aromatic carbocycles. The zero-order valence-electron chi connectivity index (χ0n) is 22.6. The number of aryl methyl sites for hydroxylation is 1. The van der Waals surface area contributed by atoms with E-state index < -0.39 is 0 Å². The Morgan fingerprint density at radius 1 is 0.806 bits per heavy atom. The van der Waals surface area contributed by atoms with Gasteiger partial charge in [-0.25, -0.2) is 4.98 Å². The SMILES string of the molecule is CC(CNCCCCc1ccc(OC(=O)C(C)C)c2nc(OC(=O)C(C)C)ccc12)OC(=O)C(C)C. The lowest BCUT2D eigenvalue weighted by molar-refractivity contribution is -0.151. The molecule has 0 aliphatic carbocycles. The Morgan fingerprint density at radius 3 is 2.08 bits per heavy atom. The van der Waals surface area contributed by atoms with Gasteiger partial charge in [0, 0.05) is 18.0 Å². The highest BCUT2D eigenvalue weighted by atomic mass is 16.6. The van der Waals surface area contributed by atoms with Gasteiger partial charge in [0.1, 0.15) is 11.6 Å². The van der Waals surface area contributed by atoms with E-state index >= 15 is 0 Å². The number of unbranched alkanes of at least 4 members (excludes halogenated alkanes) is 1. The average Bonchev–Trinajstić information content (AvgIpc) is 2.81. The van der Waals surface area contributed by atoms with Crippen molar-refractivity contribution in [1.29, 1.82) is 0 Å². The van der Waals surface area contributed by atoms with Crippen molar-refractivity contribution in [3.8, 4) is 11.6 Å². The number of benzene rings is 1. The summed E-state index contributed by atoms with van der Waals surface area (Å²) in [6.07, 6.45) is 2.50. The van der Waals surface area contributed by atoms with E-state index in [0.717, 1.165) is 36.8 Å².